The van der Waals surface area contributed by atoms with E-state index in [4.69, 9.17) is 0 Å². The van der Waals surface area contributed by atoms with Gasteiger partial charge in [0, 0.05) is 23.8 Å². The maximum absolute atomic E-state index is 10.8. The summed E-state index contributed by atoms with van der Waals surface area (Å²) in [6.45, 7) is 1.82. The smallest absolute Gasteiger partial charge is 0.270 e. The van der Waals surface area contributed by atoms with Crippen LogP contribution in [0.2, 0.25) is 0 Å². The molecule has 0 bridgehead atoms. The third-order valence-electron chi connectivity index (χ3n) is 4.78. The molecule has 0 spiro atoms. The number of hydrogen-bond donors (Lipinski definition) is 0. The second-order valence-corrected chi connectivity index (χ2v) is 8.57. The molecule has 0 saturated heterocycles. The molecule has 33 heavy (non-hydrogen) atoms. The van der Waals surface area contributed by atoms with Crippen LogP contribution in [0.15, 0.2) is 83.9 Å². The van der Waals surface area contributed by atoms with Gasteiger partial charge in [0.25, 0.3) is 5.69 Å². The van der Waals surface area contributed by atoms with E-state index < -0.39 is 15.0 Å². The highest BCUT2D eigenvalue weighted by molar-refractivity contribution is 7.85. The number of nitro benzene ring substituents is 1. The molecule has 3 aromatic carbocycles. The number of non-ortho nitro benzene ring substituents is 1. The first-order valence-electron chi connectivity index (χ1n) is 9.84. The maximum Gasteiger partial charge on any atom is 0.270 e. The van der Waals surface area contributed by atoms with E-state index in [0.717, 1.165) is 27.6 Å². The van der Waals surface area contributed by atoms with Crippen molar-refractivity contribution in [3.05, 3.63) is 106 Å². The van der Waals surface area contributed by atoms with Gasteiger partial charge in [-0.3, -0.25) is 10.1 Å². The number of nitrogens with zero attached hydrogens (tertiary/aromatic N) is 3. The lowest BCUT2D eigenvalue weighted by molar-refractivity contribution is -0.705. The molecule has 8 nitrogen and oxygen atoms in total. The van der Waals surface area contributed by atoms with Crippen molar-refractivity contribution >= 4 is 38.9 Å². The van der Waals surface area contributed by atoms with Crippen LogP contribution in [-0.2, 0) is 17.2 Å². The third kappa shape index (κ3) is 6.28. The second-order valence-electron chi connectivity index (χ2n) is 7.19. The van der Waals surface area contributed by atoms with Crippen molar-refractivity contribution in [3.8, 4) is 0 Å². The van der Waals surface area contributed by atoms with Crippen molar-refractivity contribution in [2.75, 3.05) is 0 Å². The minimum atomic E-state index is -4.27. The van der Waals surface area contributed by atoms with Gasteiger partial charge in [-0.1, -0.05) is 58.8 Å². The summed E-state index contributed by atoms with van der Waals surface area (Å²) in [5.74, 6) is 0. The molecule has 0 amide bonds. The van der Waals surface area contributed by atoms with Crippen molar-refractivity contribution in [2.45, 2.75) is 11.8 Å². The molecule has 4 rings (SSSR count). The molecule has 9 heteroatoms. The first-order valence-corrected chi connectivity index (χ1v) is 11.2. The minimum Gasteiger partial charge on any atom is -0.744 e. The van der Waals surface area contributed by atoms with Crippen molar-refractivity contribution < 1.29 is 22.6 Å². The van der Waals surface area contributed by atoms with E-state index in [-0.39, 0.29) is 10.6 Å². The van der Waals surface area contributed by atoms with Gasteiger partial charge in [-0.2, -0.15) is 0 Å². The number of nitro groups is 1. The highest BCUT2D eigenvalue weighted by atomic mass is 32.2. The summed E-state index contributed by atoms with van der Waals surface area (Å²) in [5.41, 5.74) is 3.80. The second kappa shape index (κ2) is 10.1. The number of hydrogen-bond acceptors (Lipinski definition) is 6. The molecular formula is C24H21N3O5S. The third-order valence-corrected chi connectivity index (χ3v) is 5.63. The molecule has 0 N–H and O–H groups in total. The molecule has 0 atom stereocenters. The first kappa shape index (κ1) is 23.7. The molecule has 0 saturated carbocycles. The zero-order valence-corrected chi connectivity index (χ0v) is 18.8. The Morgan fingerprint density at radius 1 is 0.970 bits per heavy atom. The Labute approximate surface area is 191 Å². The van der Waals surface area contributed by atoms with Crippen molar-refractivity contribution in [2.24, 2.45) is 7.05 Å². The summed E-state index contributed by atoms with van der Waals surface area (Å²) in [6.07, 6.45) is 5.57. The van der Waals surface area contributed by atoms with Gasteiger partial charge in [-0.15, -0.1) is 0 Å². The predicted molar refractivity (Wildman–Crippen MR) is 124 cm³/mol. The average molecular weight is 464 g/mol. The summed E-state index contributed by atoms with van der Waals surface area (Å²) in [7, 11) is -2.37. The maximum atomic E-state index is 10.8. The monoisotopic (exact) mass is 463 g/mol. The molecule has 0 radical (unpaired) electrons. The molecule has 0 aliphatic heterocycles. The number of para-hydroxylation sites is 1. The number of aryl methyl sites for hydroxylation is 2. The molecule has 0 aliphatic rings. The van der Waals surface area contributed by atoms with E-state index in [1.165, 1.54) is 18.2 Å². The molecule has 0 aliphatic carbocycles. The molecule has 1 aromatic heterocycles. The van der Waals surface area contributed by atoms with Gasteiger partial charge in [0.2, 0.25) is 5.52 Å². The average Bonchev–Trinajstić information content (AvgIpc) is 2.79. The van der Waals surface area contributed by atoms with Gasteiger partial charge in [0.05, 0.1) is 15.2 Å². The SMILES string of the molecule is C[n+]1ncc(/C=C/c2cccc([N+](=O)[O-])c2)c2ccccc21.Cc1ccc(S(=O)(=O)[O-])cc1. The fraction of sp³-hybridized carbons (Fsp3) is 0.0833. The standard InChI is InChI=1S/C17H14N3O2.C7H8O3S/c1-19-17-8-3-2-7-16(17)14(12-18-19)10-9-13-5-4-6-15(11-13)20(21)22;1-6-2-4-7(5-3-6)11(8,9)10/h2-12H,1H3;2-5H,1H3,(H,8,9,10)/q+1;/p-1/b10-9+;. The van der Waals surface area contributed by atoms with E-state index in [0.29, 0.717) is 0 Å². The number of rotatable bonds is 4. The fourth-order valence-electron chi connectivity index (χ4n) is 3.05. The van der Waals surface area contributed by atoms with Gasteiger partial charge in [0.15, 0.2) is 7.05 Å². The van der Waals surface area contributed by atoms with E-state index in [2.05, 4.69) is 5.10 Å². The largest absolute Gasteiger partial charge is 0.744 e. The quantitative estimate of drug-likeness (QED) is 0.195. The molecule has 1 heterocycles. The number of benzene rings is 3. The lowest BCUT2D eigenvalue weighted by Crippen LogP contribution is -2.33. The van der Waals surface area contributed by atoms with Crippen LogP contribution in [-0.4, -0.2) is 23.0 Å². The van der Waals surface area contributed by atoms with Crippen LogP contribution < -0.4 is 4.68 Å². The summed E-state index contributed by atoms with van der Waals surface area (Å²) >= 11 is 0. The Morgan fingerprint density at radius 2 is 1.67 bits per heavy atom. The van der Waals surface area contributed by atoms with Crippen LogP contribution in [0.4, 0.5) is 5.69 Å². The highest BCUT2D eigenvalue weighted by Gasteiger charge is 2.09. The Balaban J connectivity index is 0.000000235. The normalized spacial score (nSPS) is 11.2. The summed E-state index contributed by atoms with van der Waals surface area (Å²) in [5, 5.41) is 16.2. The van der Waals surface area contributed by atoms with Crippen LogP contribution in [0, 0.1) is 17.0 Å². The summed E-state index contributed by atoms with van der Waals surface area (Å²) in [6, 6.07) is 20.3. The zero-order valence-electron chi connectivity index (χ0n) is 18.0. The van der Waals surface area contributed by atoms with Crippen LogP contribution in [0.5, 0.6) is 0 Å². The van der Waals surface area contributed by atoms with Crippen LogP contribution in [0.3, 0.4) is 0 Å². The van der Waals surface area contributed by atoms with Crippen LogP contribution >= 0.6 is 0 Å². The molecule has 0 fully saturated rings. The highest BCUT2D eigenvalue weighted by Crippen LogP contribution is 2.19. The molecule has 4 aromatic rings. The summed E-state index contributed by atoms with van der Waals surface area (Å²) < 4.78 is 33.0. The fourth-order valence-corrected chi connectivity index (χ4v) is 3.52. The van der Waals surface area contributed by atoms with E-state index >= 15 is 0 Å². The Kier molecular flexibility index (Phi) is 7.27. The Morgan fingerprint density at radius 3 is 2.33 bits per heavy atom. The lowest BCUT2D eigenvalue weighted by atomic mass is 10.1. The van der Waals surface area contributed by atoms with E-state index in [1.807, 2.05) is 61.1 Å². The molecule has 0 unspecified atom stereocenters. The minimum absolute atomic E-state index is 0.0876. The van der Waals surface area contributed by atoms with E-state index in [9.17, 15) is 23.1 Å². The van der Waals surface area contributed by atoms with Crippen molar-refractivity contribution in [3.63, 3.8) is 0 Å². The predicted octanol–water partition coefficient (Wildman–Crippen LogP) is 4.04. The van der Waals surface area contributed by atoms with Crippen LogP contribution in [0.25, 0.3) is 23.1 Å². The van der Waals surface area contributed by atoms with Gasteiger partial charge in [-0.25, -0.2) is 8.42 Å². The number of fused-ring (bicyclic) bond motifs is 1. The van der Waals surface area contributed by atoms with Crippen LogP contribution in [0.1, 0.15) is 16.7 Å². The van der Waals surface area contributed by atoms with Crippen molar-refractivity contribution in [1.82, 2.24) is 5.10 Å². The van der Waals surface area contributed by atoms with E-state index in [1.54, 1.807) is 30.5 Å². The first-order chi connectivity index (χ1) is 15.6. The molecular weight excluding hydrogens is 442 g/mol. The van der Waals surface area contributed by atoms with Gasteiger partial charge >= 0.3 is 0 Å². The Bertz CT molecular complexity index is 1430. The zero-order chi connectivity index (χ0) is 24.0. The van der Waals surface area contributed by atoms with Crippen molar-refractivity contribution in [1.29, 1.82) is 0 Å². The van der Waals surface area contributed by atoms with Gasteiger partial charge in [0.1, 0.15) is 16.3 Å². The topological polar surface area (TPSA) is 117 Å². The molecule has 168 valence electrons. The summed E-state index contributed by atoms with van der Waals surface area (Å²) in [4.78, 5) is 10.2. The number of aromatic nitrogens is 2. The Hall–Kier alpha value is -3.95. The lowest BCUT2D eigenvalue weighted by Gasteiger charge is -2.05. The van der Waals surface area contributed by atoms with Gasteiger partial charge < -0.3 is 4.55 Å². The van der Waals surface area contributed by atoms with Gasteiger partial charge in [-0.05, 0) is 35.8 Å².